The summed E-state index contributed by atoms with van der Waals surface area (Å²) in [4.78, 5) is 12.3. The van der Waals surface area contributed by atoms with Crippen LogP contribution in [0.3, 0.4) is 0 Å². The van der Waals surface area contributed by atoms with E-state index in [-0.39, 0.29) is 5.91 Å². The Hall–Kier alpha value is -2.13. The number of quaternary nitrogens is 1. The van der Waals surface area contributed by atoms with E-state index in [4.69, 9.17) is 0 Å². The number of nitrogens with one attached hydrogen (secondary N) is 1. The minimum absolute atomic E-state index is 0.0204. The van der Waals surface area contributed by atoms with Gasteiger partial charge in [0.15, 0.2) is 0 Å². The Bertz CT molecular complexity index is 568. The maximum absolute atomic E-state index is 12.3. The van der Waals surface area contributed by atoms with Crippen molar-refractivity contribution >= 4 is 5.91 Å². The van der Waals surface area contributed by atoms with Crippen LogP contribution in [0.1, 0.15) is 22.8 Å². The highest BCUT2D eigenvalue weighted by Gasteiger charge is 2.23. The largest absolute Gasteiger partial charge is 0.295 e. The van der Waals surface area contributed by atoms with Gasteiger partial charge in [-0.15, -0.1) is 0 Å². The Balaban J connectivity index is 1.99. The van der Waals surface area contributed by atoms with Gasteiger partial charge >= 0.3 is 0 Å². The van der Waals surface area contributed by atoms with Crippen LogP contribution < -0.4 is 5.43 Å². The molecule has 0 spiro atoms. The van der Waals surface area contributed by atoms with Crippen molar-refractivity contribution in [3.63, 3.8) is 0 Å². The standard InChI is InChI=1S/C18H22N2O/c1-3-20(2,15-14-16-10-6-4-7-11-16)19-18(21)17-12-8-5-9-13-17/h4-13H,3,14-15H2,1-2H3/p+1. The van der Waals surface area contributed by atoms with E-state index in [1.54, 1.807) is 0 Å². The first-order chi connectivity index (χ1) is 10.1. The first kappa shape index (κ1) is 15.3. The van der Waals surface area contributed by atoms with E-state index >= 15 is 0 Å². The molecular weight excluding hydrogens is 260 g/mol. The number of hydrogen-bond donors (Lipinski definition) is 1. The van der Waals surface area contributed by atoms with Gasteiger partial charge in [0.2, 0.25) is 0 Å². The van der Waals surface area contributed by atoms with Crippen molar-refractivity contribution in [1.29, 1.82) is 0 Å². The van der Waals surface area contributed by atoms with Crippen LogP contribution in [-0.2, 0) is 6.42 Å². The van der Waals surface area contributed by atoms with Crippen molar-refractivity contribution in [3.05, 3.63) is 71.8 Å². The number of rotatable bonds is 6. The number of amides is 1. The molecule has 0 aliphatic heterocycles. The van der Waals surface area contributed by atoms with E-state index in [0.717, 1.165) is 19.5 Å². The highest BCUT2D eigenvalue weighted by atomic mass is 16.2. The van der Waals surface area contributed by atoms with Gasteiger partial charge in [-0.05, 0) is 24.6 Å². The van der Waals surface area contributed by atoms with Gasteiger partial charge in [0, 0.05) is 12.0 Å². The number of carbonyl (C=O) groups is 1. The van der Waals surface area contributed by atoms with Crippen LogP contribution in [0, 0.1) is 0 Å². The first-order valence-corrected chi connectivity index (χ1v) is 7.39. The van der Waals surface area contributed by atoms with Crippen molar-refractivity contribution in [3.8, 4) is 0 Å². The molecule has 0 aliphatic rings. The first-order valence-electron chi connectivity index (χ1n) is 7.39. The Morgan fingerprint density at radius 1 is 1.00 bits per heavy atom. The predicted octanol–water partition coefficient (Wildman–Crippen LogP) is 3.04. The third-order valence-electron chi connectivity index (χ3n) is 3.84. The molecule has 0 heterocycles. The van der Waals surface area contributed by atoms with Gasteiger partial charge < -0.3 is 0 Å². The second-order valence-corrected chi connectivity index (χ2v) is 5.48. The van der Waals surface area contributed by atoms with E-state index in [0.29, 0.717) is 10.2 Å². The number of hydrogen-bond acceptors (Lipinski definition) is 1. The lowest BCUT2D eigenvalue weighted by Gasteiger charge is -2.32. The summed E-state index contributed by atoms with van der Waals surface area (Å²) in [5.74, 6) is -0.0204. The Morgan fingerprint density at radius 2 is 1.57 bits per heavy atom. The number of carbonyl (C=O) groups excluding carboxylic acids is 1. The fourth-order valence-electron chi connectivity index (χ4n) is 2.21. The second-order valence-electron chi connectivity index (χ2n) is 5.48. The second kappa shape index (κ2) is 7.04. The van der Waals surface area contributed by atoms with Crippen molar-refractivity contribution in [2.24, 2.45) is 0 Å². The average molecular weight is 283 g/mol. The quantitative estimate of drug-likeness (QED) is 0.641. The maximum Gasteiger partial charge on any atom is 0.295 e. The number of nitrogens with zero attached hydrogens (tertiary/aromatic N) is 1. The Kier molecular flexibility index (Phi) is 5.12. The predicted molar refractivity (Wildman–Crippen MR) is 85.6 cm³/mol. The van der Waals surface area contributed by atoms with E-state index < -0.39 is 0 Å². The Labute approximate surface area is 126 Å². The lowest BCUT2D eigenvalue weighted by atomic mass is 10.1. The van der Waals surface area contributed by atoms with E-state index in [1.807, 2.05) is 48.5 Å². The molecule has 1 amide bonds. The molecule has 1 atom stereocenters. The van der Waals surface area contributed by atoms with Gasteiger partial charge in [0.25, 0.3) is 5.91 Å². The molecule has 0 fully saturated rings. The highest BCUT2D eigenvalue weighted by Crippen LogP contribution is 2.07. The van der Waals surface area contributed by atoms with E-state index in [9.17, 15) is 4.79 Å². The molecule has 2 aromatic carbocycles. The topological polar surface area (TPSA) is 29.1 Å². The van der Waals surface area contributed by atoms with Crippen LogP contribution in [0.5, 0.6) is 0 Å². The van der Waals surface area contributed by atoms with Gasteiger partial charge in [0.05, 0.1) is 13.6 Å². The molecule has 1 N–H and O–H groups in total. The summed E-state index contributed by atoms with van der Waals surface area (Å²) < 4.78 is 0.530. The molecule has 0 saturated heterocycles. The zero-order chi connectivity index (χ0) is 15.1. The highest BCUT2D eigenvalue weighted by molar-refractivity contribution is 5.93. The van der Waals surface area contributed by atoms with Crippen molar-refractivity contribution in [2.75, 3.05) is 20.1 Å². The lowest BCUT2D eigenvalue weighted by Crippen LogP contribution is -2.58. The molecule has 21 heavy (non-hydrogen) atoms. The summed E-state index contributed by atoms with van der Waals surface area (Å²) in [5, 5.41) is 0. The van der Waals surface area contributed by atoms with Gasteiger partial charge in [-0.1, -0.05) is 48.5 Å². The monoisotopic (exact) mass is 283 g/mol. The maximum atomic E-state index is 12.3. The summed E-state index contributed by atoms with van der Waals surface area (Å²) in [5.41, 5.74) is 5.13. The molecule has 1 unspecified atom stereocenters. The zero-order valence-corrected chi connectivity index (χ0v) is 12.8. The van der Waals surface area contributed by atoms with Crippen LogP contribution >= 0.6 is 0 Å². The number of benzene rings is 2. The fraction of sp³-hybridized carbons (Fsp3) is 0.278. The Morgan fingerprint density at radius 3 is 2.14 bits per heavy atom. The SMILES string of the molecule is CC[N+](C)(CCc1ccccc1)NC(=O)c1ccccc1. The van der Waals surface area contributed by atoms with Crippen LogP contribution in [0.15, 0.2) is 60.7 Å². The molecule has 0 radical (unpaired) electrons. The third kappa shape index (κ3) is 4.43. The van der Waals surface area contributed by atoms with Gasteiger partial charge in [0.1, 0.15) is 6.54 Å². The van der Waals surface area contributed by atoms with Crippen LogP contribution in [0.4, 0.5) is 0 Å². The molecule has 110 valence electrons. The molecular formula is C18H23N2O+. The lowest BCUT2D eigenvalue weighted by molar-refractivity contribution is -0.941. The molecule has 0 bridgehead atoms. The average Bonchev–Trinajstić information content (AvgIpc) is 2.55. The van der Waals surface area contributed by atoms with Crippen molar-refractivity contribution in [1.82, 2.24) is 5.43 Å². The molecule has 3 heteroatoms. The molecule has 2 rings (SSSR count). The van der Waals surface area contributed by atoms with Crippen molar-refractivity contribution in [2.45, 2.75) is 13.3 Å². The van der Waals surface area contributed by atoms with Crippen LogP contribution in [-0.4, -0.2) is 30.6 Å². The van der Waals surface area contributed by atoms with Crippen molar-refractivity contribution < 1.29 is 9.39 Å². The van der Waals surface area contributed by atoms with Gasteiger partial charge in [-0.25, -0.2) is 4.59 Å². The molecule has 3 nitrogen and oxygen atoms in total. The van der Waals surface area contributed by atoms with E-state index in [1.165, 1.54) is 5.56 Å². The molecule has 0 aromatic heterocycles. The smallest absolute Gasteiger partial charge is 0.264 e. The summed E-state index contributed by atoms with van der Waals surface area (Å²) in [6.45, 7) is 3.82. The minimum Gasteiger partial charge on any atom is -0.264 e. The van der Waals surface area contributed by atoms with Gasteiger partial charge in [-0.3, -0.25) is 4.79 Å². The van der Waals surface area contributed by atoms with Crippen LogP contribution in [0.2, 0.25) is 0 Å². The fourth-order valence-corrected chi connectivity index (χ4v) is 2.21. The third-order valence-corrected chi connectivity index (χ3v) is 3.84. The van der Waals surface area contributed by atoms with Gasteiger partial charge in [-0.2, -0.15) is 5.43 Å². The zero-order valence-electron chi connectivity index (χ0n) is 12.8. The van der Waals surface area contributed by atoms with Crippen LogP contribution in [0.25, 0.3) is 0 Å². The molecule has 2 aromatic rings. The summed E-state index contributed by atoms with van der Waals surface area (Å²) in [6, 6.07) is 19.7. The van der Waals surface area contributed by atoms with E-state index in [2.05, 4.69) is 31.5 Å². The summed E-state index contributed by atoms with van der Waals surface area (Å²) in [7, 11) is 2.06. The summed E-state index contributed by atoms with van der Waals surface area (Å²) in [6.07, 6.45) is 0.945. The normalized spacial score (nSPS) is 13.4. The number of likely N-dealkylation sites (N-methyl/N-ethyl adjacent to an activating group) is 1. The summed E-state index contributed by atoms with van der Waals surface area (Å²) >= 11 is 0. The molecule has 0 aliphatic carbocycles. The molecule has 0 saturated carbocycles. The minimum atomic E-state index is -0.0204.